The number of hydrogen-bond donors (Lipinski definition) is 3. The van der Waals surface area contributed by atoms with E-state index in [2.05, 4.69) is 16.0 Å². The lowest BCUT2D eigenvalue weighted by Gasteiger charge is -2.29. The molecule has 2 aromatic carbocycles. The molecule has 3 N–H and O–H groups in total. The Kier molecular flexibility index (Phi) is 7.83. The van der Waals surface area contributed by atoms with Gasteiger partial charge < -0.3 is 20.7 Å². The van der Waals surface area contributed by atoms with E-state index in [9.17, 15) is 19.2 Å². The number of esters is 1. The highest BCUT2D eigenvalue weighted by atomic mass is 35.5. The van der Waals surface area contributed by atoms with Crippen molar-refractivity contribution in [1.82, 2.24) is 16.0 Å². The number of nitrogens with one attached hydrogen (secondary N) is 3. The zero-order valence-corrected chi connectivity index (χ0v) is 18.2. The molecule has 3 amide bonds. The molecule has 0 unspecified atom stereocenters. The summed E-state index contributed by atoms with van der Waals surface area (Å²) in [6, 6.07) is 13.5. The first-order valence-corrected chi connectivity index (χ1v) is 10.5. The van der Waals surface area contributed by atoms with Crippen LogP contribution < -0.4 is 16.0 Å². The summed E-state index contributed by atoms with van der Waals surface area (Å²) in [6.45, 7) is 0. The summed E-state index contributed by atoms with van der Waals surface area (Å²) >= 11 is 5.98. The lowest BCUT2D eigenvalue weighted by molar-refractivity contribution is -0.145. The van der Waals surface area contributed by atoms with Crippen LogP contribution in [0.5, 0.6) is 0 Å². The molecule has 0 aromatic heterocycles. The molecule has 0 bridgehead atoms. The van der Waals surface area contributed by atoms with E-state index < -0.39 is 35.9 Å². The monoisotopic (exact) mass is 457 g/mol. The molecular formula is C23H24ClN3O5. The van der Waals surface area contributed by atoms with Gasteiger partial charge >= 0.3 is 5.97 Å². The third kappa shape index (κ3) is 6.31. The molecule has 3 rings (SSSR count). The van der Waals surface area contributed by atoms with E-state index in [1.165, 1.54) is 7.11 Å². The number of amides is 3. The molecule has 1 aliphatic heterocycles. The Morgan fingerprint density at radius 3 is 2.34 bits per heavy atom. The topological polar surface area (TPSA) is 114 Å². The van der Waals surface area contributed by atoms with Crippen molar-refractivity contribution < 1.29 is 23.9 Å². The summed E-state index contributed by atoms with van der Waals surface area (Å²) in [7, 11) is 1.22. The SMILES string of the molecule is COC(=O)[C@@H](Cc1cccc(Cl)c1)NC(=O)C[C@@H]1NC(=O)[C@H](Cc2ccccc2)NC1=O. The third-order valence-electron chi connectivity index (χ3n) is 5.09. The smallest absolute Gasteiger partial charge is 0.328 e. The maximum Gasteiger partial charge on any atom is 0.328 e. The van der Waals surface area contributed by atoms with Crippen LogP contribution in [0.1, 0.15) is 17.5 Å². The van der Waals surface area contributed by atoms with Crippen LogP contribution in [0.3, 0.4) is 0 Å². The maximum atomic E-state index is 12.5. The summed E-state index contributed by atoms with van der Waals surface area (Å²) in [5.74, 6) is -2.01. The third-order valence-corrected chi connectivity index (χ3v) is 5.32. The van der Waals surface area contributed by atoms with E-state index in [1.807, 2.05) is 30.3 Å². The number of benzene rings is 2. The summed E-state index contributed by atoms with van der Waals surface area (Å²) < 4.78 is 4.78. The van der Waals surface area contributed by atoms with E-state index in [0.29, 0.717) is 11.4 Å². The van der Waals surface area contributed by atoms with Gasteiger partial charge in [-0.05, 0) is 23.3 Å². The zero-order chi connectivity index (χ0) is 23.1. The van der Waals surface area contributed by atoms with Crippen LogP contribution in [0.2, 0.25) is 5.02 Å². The van der Waals surface area contributed by atoms with Gasteiger partial charge in [-0.25, -0.2) is 4.79 Å². The van der Waals surface area contributed by atoms with Crippen molar-refractivity contribution >= 4 is 35.3 Å². The number of ether oxygens (including phenoxy) is 1. The van der Waals surface area contributed by atoms with Crippen molar-refractivity contribution in [3.05, 3.63) is 70.7 Å². The normalized spacial score (nSPS) is 18.8. The van der Waals surface area contributed by atoms with Crippen LogP contribution >= 0.6 is 11.6 Å². The summed E-state index contributed by atoms with van der Waals surface area (Å²) in [4.78, 5) is 49.6. The first kappa shape index (κ1) is 23.3. The van der Waals surface area contributed by atoms with Crippen LogP contribution in [0.25, 0.3) is 0 Å². The second-order valence-electron chi connectivity index (χ2n) is 7.49. The Hall–Kier alpha value is -3.39. The van der Waals surface area contributed by atoms with Crippen LogP contribution in [-0.4, -0.2) is 48.9 Å². The van der Waals surface area contributed by atoms with E-state index in [-0.39, 0.29) is 18.7 Å². The van der Waals surface area contributed by atoms with Crippen LogP contribution in [0.4, 0.5) is 0 Å². The Morgan fingerprint density at radius 2 is 1.66 bits per heavy atom. The van der Waals surface area contributed by atoms with Gasteiger partial charge in [0, 0.05) is 17.9 Å². The van der Waals surface area contributed by atoms with Gasteiger partial charge in [-0.2, -0.15) is 0 Å². The number of rotatable bonds is 8. The van der Waals surface area contributed by atoms with Gasteiger partial charge in [-0.15, -0.1) is 0 Å². The summed E-state index contributed by atoms with van der Waals surface area (Å²) in [5.41, 5.74) is 1.65. The molecule has 1 heterocycles. The molecule has 1 aliphatic rings. The molecule has 168 valence electrons. The molecule has 0 spiro atoms. The first-order valence-electron chi connectivity index (χ1n) is 10.1. The average Bonchev–Trinajstić information content (AvgIpc) is 2.77. The molecule has 0 saturated carbocycles. The highest BCUT2D eigenvalue weighted by Crippen LogP contribution is 2.13. The molecule has 8 nitrogen and oxygen atoms in total. The Labute approximate surface area is 190 Å². The first-order chi connectivity index (χ1) is 15.4. The van der Waals surface area contributed by atoms with Gasteiger partial charge in [-0.3, -0.25) is 14.4 Å². The molecular weight excluding hydrogens is 434 g/mol. The van der Waals surface area contributed by atoms with Crippen molar-refractivity contribution in [3.63, 3.8) is 0 Å². The summed E-state index contributed by atoms with van der Waals surface area (Å²) in [5, 5.41) is 8.35. The molecule has 0 aliphatic carbocycles. The van der Waals surface area contributed by atoms with Crippen molar-refractivity contribution in [1.29, 1.82) is 0 Å². The number of carbonyl (C=O) groups excluding carboxylic acids is 4. The standard InChI is InChI=1S/C23H24ClN3O5/c1-32-23(31)19(12-15-8-5-9-16(24)10-15)25-20(28)13-18-22(30)26-17(21(29)27-18)11-14-6-3-2-4-7-14/h2-10,17-19H,11-13H2,1H3,(H,25,28)(H,26,30)(H,27,29)/t17-,18-,19+/m0/s1. The lowest BCUT2D eigenvalue weighted by atomic mass is 10.0. The highest BCUT2D eigenvalue weighted by Gasteiger charge is 2.35. The van der Waals surface area contributed by atoms with Gasteiger partial charge in [0.2, 0.25) is 17.7 Å². The molecule has 1 fully saturated rings. The van der Waals surface area contributed by atoms with Crippen LogP contribution in [0.15, 0.2) is 54.6 Å². The van der Waals surface area contributed by atoms with Gasteiger partial charge in [0.05, 0.1) is 13.5 Å². The minimum atomic E-state index is -1.03. The maximum absolute atomic E-state index is 12.5. The van der Waals surface area contributed by atoms with Crippen molar-refractivity contribution in [3.8, 4) is 0 Å². The van der Waals surface area contributed by atoms with E-state index >= 15 is 0 Å². The van der Waals surface area contributed by atoms with Gasteiger partial charge in [0.1, 0.15) is 18.1 Å². The number of piperazine rings is 1. The lowest BCUT2D eigenvalue weighted by Crippen LogP contribution is -2.63. The zero-order valence-electron chi connectivity index (χ0n) is 17.5. The van der Waals surface area contributed by atoms with Crippen LogP contribution in [-0.2, 0) is 36.8 Å². The van der Waals surface area contributed by atoms with E-state index in [4.69, 9.17) is 16.3 Å². The number of methoxy groups -OCH3 is 1. The van der Waals surface area contributed by atoms with Crippen molar-refractivity contribution in [2.75, 3.05) is 7.11 Å². The molecule has 2 aromatic rings. The van der Waals surface area contributed by atoms with Gasteiger partial charge in [0.25, 0.3) is 0 Å². The number of hydrogen-bond acceptors (Lipinski definition) is 5. The minimum absolute atomic E-state index is 0.168. The van der Waals surface area contributed by atoms with Crippen LogP contribution in [0, 0.1) is 0 Å². The Balaban J connectivity index is 1.58. The quantitative estimate of drug-likeness (QED) is 0.515. The molecule has 32 heavy (non-hydrogen) atoms. The fourth-order valence-corrected chi connectivity index (χ4v) is 3.70. The largest absolute Gasteiger partial charge is 0.467 e. The fraction of sp³-hybridized carbons (Fsp3) is 0.304. The average molecular weight is 458 g/mol. The predicted molar refractivity (Wildman–Crippen MR) is 118 cm³/mol. The molecule has 1 saturated heterocycles. The second kappa shape index (κ2) is 10.8. The Morgan fingerprint density at radius 1 is 1.00 bits per heavy atom. The van der Waals surface area contributed by atoms with Crippen molar-refractivity contribution in [2.45, 2.75) is 37.4 Å². The molecule has 9 heteroatoms. The number of halogens is 1. The van der Waals surface area contributed by atoms with E-state index in [1.54, 1.807) is 24.3 Å². The highest BCUT2D eigenvalue weighted by molar-refractivity contribution is 6.30. The second-order valence-corrected chi connectivity index (χ2v) is 7.93. The van der Waals surface area contributed by atoms with Crippen molar-refractivity contribution in [2.24, 2.45) is 0 Å². The molecule has 3 atom stereocenters. The van der Waals surface area contributed by atoms with E-state index in [0.717, 1.165) is 11.1 Å². The predicted octanol–water partition coefficient (Wildman–Crippen LogP) is 1.16. The number of carbonyl (C=O) groups is 4. The fourth-order valence-electron chi connectivity index (χ4n) is 3.49. The summed E-state index contributed by atoms with van der Waals surface area (Å²) in [6.07, 6.45) is 0.210. The minimum Gasteiger partial charge on any atom is -0.467 e. The van der Waals surface area contributed by atoms with Gasteiger partial charge in [0.15, 0.2) is 0 Å². The Bertz CT molecular complexity index is 998. The molecule has 0 radical (unpaired) electrons. The van der Waals surface area contributed by atoms with Gasteiger partial charge in [-0.1, -0.05) is 54.1 Å².